The van der Waals surface area contributed by atoms with E-state index in [4.69, 9.17) is 19.3 Å². The normalized spacial score (nSPS) is 11.9. The van der Waals surface area contributed by atoms with Gasteiger partial charge in [-0.05, 0) is 22.9 Å². The Morgan fingerprint density at radius 3 is 2.29 bits per heavy atom. The van der Waals surface area contributed by atoms with Crippen molar-refractivity contribution in [1.29, 1.82) is 0 Å². The molecule has 0 spiro atoms. The second-order valence-corrected chi connectivity index (χ2v) is 7.50. The van der Waals surface area contributed by atoms with Crippen molar-refractivity contribution < 1.29 is 14.2 Å². The molecule has 1 aromatic heterocycles. The summed E-state index contributed by atoms with van der Waals surface area (Å²) in [7, 11) is 6.56. The molecule has 0 bridgehead atoms. The van der Waals surface area contributed by atoms with Crippen molar-refractivity contribution in [3.05, 3.63) is 70.3 Å². The van der Waals surface area contributed by atoms with Crippen molar-refractivity contribution in [1.82, 2.24) is 4.68 Å². The largest absolute Gasteiger partial charge is 0.493 e. The van der Waals surface area contributed by atoms with Crippen molar-refractivity contribution in [3.63, 3.8) is 0 Å². The third-order valence-electron chi connectivity index (χ3n) is 4.97. The smallest absolute Gasteiger partial charge is 0.205 e. The van der Waals surface area contributed by atoms with Crippen LogP contribution < -0.4 is 19.0 Å². The number of thiazole rings is 1. The average molecular weight is 434 g/mol. The number of aromatic nitrogens is 1. The lowest BCUT2D eigenvalue weighted by Crippen LogP contribution is -2.11. The van der Waals surface area contributed by atoms with Gasteiger partial charge in [-0.1, -0.05) is 42.5 Å². The van der Waals surface area contributed by atoms with E-state index in [1.807, 2.05) is 46.6 Å². The van der Waals surface area contributed by atoms with Crippen LogP contribution in [0.5, 0.6) is 17.2 Å². The highest BCUT2D eigenvalue weighted by Crippen LogP contribution is 2.41. The molecule has 0 aliphatic heterocycles. The summed E-state index contributed by atoms with van der Waals surface area (Å²) in [5.74, 6) is 1.72. The zero-order valence-corrected chi connectivity index (χ0v) is 18.6. The predicted molar refractivity (Wildman–Crippen MR) is 126 cm³/mol. The highest BCUT2D eigenvalue weighted by Gasteiger charge is 2.16. The highest BCUT2D eigenvalue weighted by atomic mass is 32.1. The van der Waals surface area contributed by atoms with Crippen LogP contribution in [0.2, 0.25) is 0 Å². The number of methoxy groups -OCH3 is 3. The quantitative estimate of drug-likeness (QED) is 0.410. The first-order chi connectivity index (χ1) is 15.2. The monoisotopic (exact) mass is 433 g/mol. The number of hydrogen-bond donors (Lipinski definition) is 0. The Labute approximate surface area is 184 Å². The van der Waals surface area contributed by atoms with Crippen LogP contribution >= 0.6 is 11.3 Å². The molecule has 1 heterocycles. The maximum atomic E-state index is 5.52. The third kappa shape index (κ3) is 3.92. The van der Waals surface area contributed by atoms with Crippen LogP contribution in [0.25, 0.3) is 22.0 Å². The van der Waals surface area contributed by atoms with Crippen molar-refractivity contribution in [2.24, 2.45) is 10.1 Å². The molecule has 0 radical (unpaired) electrons. The summed E-state index contributed by atoms with van der Waals surface area (Å²) in [5.41, 5.74) is 2.80. The molecule has 0 atom stereocenters. The molecule has 0 saturated carbocycles. The van der Waals surface area contributed by atoms with E-state index in [1.165, 1.54) is 16.7 Å². The molecular formula is C24H23N3O3S. The van der Waals surface area contributed by atoms with Crippen LogP contribution in [-0.4, -0.2) is 39.3 Å². The van der Waals surface area contributed by atoms with Crippen LogP contribution in [0.3, 0.4) is 0 Å². The second-order valence-electron chi connectivity index (χ2n) is 6.67. The Balaban J connectivity index is 1.85. The molecule has 4 aromatic rings. The van der Waals surface area contributed by atoms with Gasteiger partial charge in [-0.25, -0.2) is 4.68 Å². The number of nitrogens with zero attached hydrogens (tertiary/aromatic N) is 3. The number of rotatable bonds is 6. The van der Waals surface area contributed by atoms with Crippen LogP contribution in [-0.2, 0) is 0 Å². The minimum atomic E-state index is 0.551. The fourth-order valence-corrected chi connectivity index (χ4v) is 4.28. The van der Waals surface area contributed by atoms with Crippen LogP contribution in [0.15, 0.2) is 70.1 Å². The first-order valence-corrected chi connectivity index (χ1v) is 10.5. The Hall–Kier alpha value is -3.58. The maximum Gasteiger partial charge on any atom is 0.205 e. The summed E-state index contributed by atoms with van der Waals surface area (Å²) in [4.78, 5) is 5.17. The van der Waals surface area contributed by atoms with Gasteiger partial charge in [0.2, 0.25) is 10.6 Å². The molecule has 4 rings (SSSR count). The Bertz CT molecular complexity index is 1290. The van der Waals surface area contributed by atoms with E-state index in [9.17, 15) is 0 Å². The molecule has 158 valence electrons. The number of hydrogen-bond acceptors (Lipinski definition) is 6. The molecule has 0 unspecified atom stereocenters. The van der Waals surface area contributed by atoms with Crippen molar-refractivity contribution >= 4 is 28.3 Å². The van der Waals surface area contributed by atoms with Gasteiger partial charge in [0.25, 0.3) is 0 Å². The van der Waals surface area contributed by atoms with Gasteiger partial charge in [0.1, 0.15) is 0 Å². The molecule has 6 nitrogen and oxygen atoms in total. The van der Waals surface area contributed by atoms with Crippen molar-refractivity contribution in [2.75, 3.05) is 28.4 Å². The molecule has 3 aromatic carbocycles. The lowest BCUT2D eigenvalue weighted by atomic mass is 10.1. The Morgan fingerprint density at radius 1 is 0.903 bits per heavy atom. The van der Waals surface area contributed by atoms with E-state index < -0.39 is 0 Å². The number of benzene rings is 3. The minimum absolute atomic E-state index is 0.551. The topological polar surface area (TPSA) is 57.3 Å². The van der Waals surface area contributed by atoms with Gasteiger partial charge in [0.05, 0.1) is 33.2 Å². The lowest BCUT2D eigenvalue weighted by Gasteiger charge is -2.14. The molecule has 7 heteroatoms. The Kier molecular flexibility index (Phi) is 6.04. The fourth-order valence-electron chi connectivity index (χ4n) is 3.47. The van der Waals surface area contributed by atoms with E-state index in [-0.39, 0.29) is 0 Å². The molecule has 0 saturated heterocycles. The van der Waals surface area contributed by atoms with E-state index in [0.717, 1.165) is 27.0 Å². The fraction of sp³-hybridized carbons (Fsp3) is 0.167. The zero-order chi connectivity index (χ0) is 21.8. The van der Waals surface area contributed by atoms with Crippen LogP contribution in [0.1, 0.15) is 5.56 Å². The first kappa shape index (κ1) is 20.7. The van der Waals surface area contributed by atoms with Crippen molar-refractivity contribution in [2.45, 2.75) is 0 Å². The maximum absolute atomic E-state index is 5.52. The van der Waals surface area contributed by atoms with E-state index >= 15 is 0 Å². The van der Waals surface area contributed by atoms with E-state index in [2.05, 4.69) is 29.3 Å². The Morgan fingerprint density at radius 2 is 1.61 bits per heavy atom. The SMILES string of the molecule is CN=c1scc(-c2cc(OC)c(OC)c(OC)c2)n1N=Cc1cccc2ccccc12. The van der Waals surface area contributed by atoms with E-state index in [1.54, 1.807) is 28.4 Å². The molecule has 0 N–H and O–H groups in total. The summed E-state index contributed by atoms with van der Waals surface area (Å²) in [6.07, 6.45) is 1.87. The molecule has 0 amide bonds. The van der Waals surface area contributed by atoms with E-state index in [0.29, 0.717) is 17.2 Å². The van der Waals surface area contributed by atoms with Gasteiger partial charge in [0.15, 0.2) is 11.5 Å². The average Bonchev–Trinajstić information content (AvgIpc) is 3.24. The predicted octanol–water partition coefficient (Wildman–Crippen LogP) is 4.81. The summed E-state index contributed by atoms with van der Waals surface area (Å²) in [6, 6.07) is 18.3. The molecule has 0 fully saturated rings. The first-order valence-electron chi connectivity index (χ1n) is 9.66. The summed E-state index contributed by atoms with van der Waals surface area (Å²) in [5, 5.41) is 9.12. The van der Waals surface area contributed by atoms with Crippen LogP contribution in [0, 0.1) is 0 Å². The highest BCUT2D eigenvalue weighted by molar-refractivity contribution is 7.07. The third-order valence-corrected chi connectivity index (χ3v) is 5.88. The number of ether oxygens (including phenoxy) is 3. The molecular weight excluding hydrogens is 410 g/mol. The van der Waals surface area contributed by atoms with Gasteiger partial charge in [-0.2, -0.15) is 5.10 Å². The summed E-state index contributed by atoms with van der Waals surface area (Å²) >= 11 is 1.52. The standard InChI is InChI=1S/C24H23N3O3S/c1-25-24-27(26-14-17-10-7-9-16-8-5-6-11-19(16)17)20(15-31-24)18-12-21(28-2)23(30-4)22(13-18)29-3/h5-15H,1-4H3. The number of fused-ring (bicyclic) bond motifs is 1. The van der Waals surface area contributed by atoms with Gasteiger partial charge in [-0.3, -0.25) is 4.99 Å². The van der Waals surface area contributed by atoms with Gasteiger partial charge in [-0.15, -0.1) is 11.3 Å². The van der Waals surface area contributed by atoms with Gasteiger partial charge < -0.3 is 14.2 Å². The minimum Gasteiger partial charge on any atom is -0.493 e. The summed E-state index contributed by atoms with van der Waals surface area (Å²) < 4.78 is 18.3. The lowest BCUT2D eigenvalue weighted by molar-refractivity contribution is 0.324. The molecule has 0 aliphatic rings. The molecule has 31 heavy (non-hydrogen) atoms. The van der Waals surface area contributed by atoms with Gasteiger partial charge in [0, 0.05) is 23.6 Å². The van der Waals surface area contributed by atoms with Crippen molar-refractivity contribution in [3.8, 4) is 28.5 Å². The molecule has 0 aliphatic carbocycles. The second kappa shape index (κ2) is 9.06. The van der Waals surface area contributed by atoms with Gasteiger partial charge >= 0.3 is 0 Å². The zero-order valence-electron chi connectivity index (χ0n) is 17.8. The van der Waals surface area contributed by atoms with Crippen LogP contribution in [0.4, 0.5) is 0 Å². The summed E-state index contributed by atoms with van der Waals surface area (Å²) in [6.45, 7) is 0.